The summed E-state index contributed by atoms with van der Waals surface area (Å²) in [5, 5.41) is 24.1. The van der Waals surface area contributed by atoms with Gasteiger partial charge in [-0.25, -0.2) is 4.79 Å². The number of anilines is 1. The molecule has 0 aliphatic carbocycles. The van der Waals surface area contributed by atoms with E-state index < -0.39 is 5.97 Å². The maximum absolute atomic E-state index is 11.6. The number of hydrogen-bond acceptors (Lipinski definition) is 4. The number of aromatic carboxylic acids is 1. The molecule has 0 spiro atoms. The van der Waals surface area contributed by atoms with Gasteiger partial charge in [0.25, 0.3) is 0 Å². The molecule has 1 aliphatic rings. The van der Waals surface area contributed by atoms with Crippen molar-refractivity contribution < 1.29 is 15.0 Å². The molecule has 0 bridgehead atoms. The van der Waals surface area contributed by atoms with Crippen molar-refractivity contribution in [2.24, 2.45) is 0 Å². The molecular formula is C27H24N4O3S. The lowest BCUT2D eigenvalue weighted by Crippen LogP contribution is -2.29. The summed E-state index contributed by atoms with van der Waals surface area (Å²) in [5.74, 6) is -0.841. The van der Waals surface area contributed by atoms with Gasteiger partial charge in [-0.15, -0.1) is 0 Å². The molecule has 0 amide bonds. The Kier molecular flexibility index (Phi) is 5.74. The van der Waals surface area contributed by atoms with Gasteiger partial charge in [-0.2, -0.15) is 0 Å². The summed E-state index contributed by atoms with van der Waals surface area (Å²) < 4.78 is 2.04. The summed E-state index contributed by atoms with van der Waals surface area (Å²) in [6, 6.07) is 21.3. The Morgan fingerprint density at radius 3 is 2.51 bits per heavy atom. The Morgan fingerprint density at radius 1 is 1.03 bits per heavy atom. The average Bonchev–Trinajstić information content (AvgIpc) is 3.35. The minimum atomic E-state index is -0.971. The first kappa shape index (κ1) is 22.6. The van der Waals surface area contributed by atoms with Crippen LogP contribution in [0.5, 0.6) is 5.75 Å². The molecule has 3 heterocycles. The second-order valence-electron chi connectivity index (χ2n) is 8.50. The number of benzene rings is 2. The van der Waals surface area contributed by atoms with Crippen LogP contribution in [0.2, 0.25) is 0 Å². The van der Waals surface area contributed by atoms with Gasteiger partial charge in [-0.3, -0.25) is 4.98 Å². The quantitative estimate of drug-likeness (QED) is 0.341. The zero-order chi connectivity index (χ0) is 24.7. The molecule has 2 atom stereocenters. The third-order valence-electron chi connectivity index (χ3n) is 6.38. The second kappa shape index (κ2) is 8.88. The van der Waals surface area contributed by atoms with E-state index in [0.717, 1.165) is 28.3 Å². The van der Waals surface area contributed by atoms with Crippen molar-refractivity contribution in [3.8, 4) is 11.4 Å². The van der Waals surface area contributed by atoms with E-state index in [2.05, 4.69) is 16.4 Å². The number of carboxylic acids is 1. The van der Waals surface area contributed by atoms with E-state index >= 15 is 0 Å². The Bertz CT molecular complexity index is 1430. The topological polar surface area (TPSA) is 90.6 Å². The number of carboxylic acid groups (broad SMARTS) is 1. The molecule has 1 aliphatic heterocycles. The minimum absolute atomic E-state index is 0.131. The van der Waals surface area contributed by atoms with Crippen LogP contribution in [-0.4, -0.2) is 30.8 Å². The molecule has 7 nitrogen and oxygen atoms in total. The van der Waals surface area contributed by atoms with Crippen molar-refractivity contribution in [1.82, 2.24) is 14.9 Å². The number of aromatic hydroxyl groups is 1. The number of carbonyl (C=O) groups is 1. The lowest BCUT2D eigenvalue weighted by atomic mass is 9.96. The van der Waals surface area contributed by atoms with Crippen LogP contribution in [0.25, 0.3) is 5.69 Å². The van der Waals surface area contributed by atoms with Crippen LogP contribution < -0.4 is 10.2 Å². The van der Waals surface area contributed by atoms with Gasteiger partial charge >= 0.3 is 5.97 Å². The van der Waals surface area contributed by atoms with Crippen LogP contribution in [0.1, 0.15) is 45.1 Å². The van der Waals surface area contributed by atoms with Crippen molar-refractivity contribution in [1.29, 1.82) is 0 Å². The predicted molar refractivity (Wildman–Crippen MR) is 138 cm³/mol. The SMILES string of the molecule is Cc1cc([C@@H]2[C@H](c3ccccn3)NC(=S)N2c2ccccc2O)c(C)n1-c1cccc(C(=O)O)c1. The Morgan fingerprint density at radius 2 is 1.80 bits per heavy atom. The normalized spacial score (nSPS) is 17.4. The number of pyridine rings is 1. The van der Waals surface area contributed by atoms with Crippen LogP contribution in [-0.2, 0) is 0 Å². The van der Waals surface area contributed by atoms with Crippen LogP contribution >= 0.6 is 12.2 Å². The highest BCUT2D eigenvalue weighted by atomic mass is 32.1. The van der Waals surface area contributed by atoms with Crippen LogP contribution in [0.15, 0.2) is 79.0 Å². The third-order valence-corrected chi connectivity index (χ3v) is 6.69. The van der Waals surface area contributed by atoms with E-state index in [9.17, 15) is 15.0 Å². The number of hydrogen-bond donors (Lipinski definition) is 3. The fourth-order valence-corrected chi connectivity index (χ4v) is 5.20. The first-order chi connectivity index (χ1) is 16.9. The summed E-state index contributed by atoms with van der Waals surface area (Å²) >= 11 is 5.76. The number of nitrogens with zero attached hydrogens (tertiary/aromatic N) is 3. The molecule has 0 unspecified atom stereocenters. The standard InChI is InChI=1S/C27H24N4O3S/c1-16-14-20(17(2)30(16)19-9-7-8-18(15-19)26(33)34)25-24(21-10-5-6-13-28-21)29-27(35)31(25)22-11-3-4-12-23(22)32/h3-15,24-25,32H,1-2H3,(H,29,35)(H,33,34)/t24-,25+/m0/s1. The zero-order valence-corrected chi connectivity index (χ0v) is 20.0. The highest BCUT2D eigenvalue weighted by Crippen LogP contribution is 2.45. The summed E-state index contributed by atoms with van der Waals surface area (Å²) in [6.07, 6.45) is 1.75. The Hall–Kier alpha value is -4.17. The number of phenolic OH excluding ortho intramolecular Hbond substituents is 1. The van der Waals surface area contributed by atoms with Gasteiger partial charge in [0.1, 0.15) is 5.75 Å². The van der Waals surface area contributed by atoms with E-state index in [0.29, 0.717) is 10.8 Å². The summed E-state index contributed by atoms with van der Waals surface area (Å²) in [4.78, 5) is 18.1. The van der Waals surface area contributed by atoms with Crippen LogP contribution in [0.4, 0.5) is 5.69 Å². The number of para-hydroxylation sites is 2. The van der Waals surface area contributed by atoms with Gasteiger partial charge in [0.15, 0.2) is 5.11 Å². The number of thiocarbonyl (C=S) groups is 1. The van der Waals surface area contributed by atoms with Crippen LogP contribution in [0, 0.1) is 13.8 Å². The zero-order valence-electron chi connectivity index (χ0n) is 19.2. The Labute approximate surface area is 208 Å². The highest BCUT2D eigenvalue weighted by Gasteiger charge is 2.43. The first-order valence-corrected chi connectivity index (χ1v) is 11.6. The molecule has 1 saturated heterocycles. The van der Waals surface area contributed by atoms with E-state index in [1.807, 2.05) is 59.7 Å². The lowest BCUT2D eigenvalue weighted by Gasteiger charge is -2.28. The molecule has 3 N–H and O–H groups in total. The molecule has 5 rings (SSSR count). The fraction of sp³-hybridized carbons (Fsp3) is 0.148. The first-order valence-electron chi connectivity index (χ1n) is 11.2. The fourth-order valence-electron chi connectivity index (χ4n) is 4.86. The van der Waals surface area contributed by atoms with Crippen LogP contribution in [0.3, 0.4) is 0 Å². The van der Waals surface area contributed by atoms with Gasteiger partial charge in [0.2, 0.25) is 0 Å². The van der Waals surface area contributed by atoms with Crippen molar-refractivity contribution in [2.45, 2.75) is 25.9 Å². The molecule has 2 aromatic heterocycles. The van der Waals surface area contributed by atoms with E-state index in [-0.39, 0.29) is 23.4 Å². The monoisotopic (exact) mass is 484 g/mol. The summed E-state index contributed by atoms with van der Waals surface area (Å²) in [6.45, 7) is 4.00. The molecule has 0 radical (unpaired) electrons. The highest BCUT2D eigenvalue weighted by molar-refractivity contribution is 7.80. The number of nitrogens with one attached hydrogen (secondary N) is 1. The average molecular weight is 485 g/mol. The summed E-state index contributed by atoms with van der Waals surface area (Å²) in [5.41, 5.74) is 5.32. The van der Waals surface area contributed by atoms with Crippen molar-refractivity contribution in [3.05, 3.63) is 107 Å². The second-order valence-corrected chi connectivity index (χ2v) is 8.89. The molecule has 2 aromatic carbocycles. The van der Waals surface area contributed by atoms with Gasteiger partial charge in [-0.05, 0) is 80.2 Å². The molecule has 1 fully saturated rings. The van der Waals surface area contributed by atoms with Crippen molar-refractivity contribution >= 4 is 29.0 Å². The third kappa shape index (κ3) is 3.91. The molecule has 8 heteroatoms. The number of aromatic nitrogens is 2. The maximum atomic E-state index is 11.6. The molecule has 0 saturated carbocycles. The molecular weight excluding hydrogens is 460 g/mol. The minimum Gasteiger partial charge on any atom is -0.506 e. The van der Waals surface area contributed by atoms with E-state index in [1.165, 1.54) is 0 Å². The smallest absolute Gasteiger partial charge is 0.335 e. The van der Waals surface area contributed by atoms with E-state index in [1.54, 1.807) is 36.5 Å². The molecule has 35 heavy (non-hydrogen) atoms. The molecule has 176 valence electrons. The number of phenols is 1. The Balaban J connectivity index is 1.69. The summed E-state index contributed by atoms with van der Waals surface area (Å²) in [7, 11) is 0. The maximum Gasteiger partial charge on any atom is 0.335 e. The molecule has 4 aromatic rings. The van der Waals surface area contributed by atoms with Gasteiger partial charge in [0.05, 0.1) is 29.0 Å². The predicted octanol–water partition coefficient (Wildman–Crippen LogP) is 5.07. The number of rotatable bonds is 5. The van der Waals surface area contributed by atoms with Crippen molar-refractivity contribution in [3.63, 3.8) is 0 Å². The lowest BCUT2D eigenvalue weighted by molar-refractivity contribution is 0.0697. The van der Waals surface area contributed by atoms with Gasteiger partial charge < -0.3 is 25.0 Å². The van der Waals surface area contributed by atoms with Crippen molar-refractivity contribution in [2.75, 3.05) is 4.90 Å². The largest absolute Gasteiger partial charge is 0.506 e. The number of aryl methyl sites for hydroxylation is 1. The van der Waals surface area contributed by atoms with Gasteiger partial charge in [0, 0.05) is 23.3 Å². The van der Waals surface area contributed by atoms with E-state index in [4.69, 9.17) is 12.2 Å². The van der Waals surface area contributed by atoms with Gasteiger partial charge in [-0.1, -0.05) is 24.3 Å².